The lowest BCUT2D eigenvalue weighted by Crippen LogP contribution is -2.49. The Kier molecular flexibility index (Phi) is 12.1. The average molecular weight is 567 g/mol. The highest BCUT2D eigenvalue weighted by Gasteiger charge is 2.25. The minimum atomic E-state index is -1.00. The standard InChI is InChI=1S/C28H34N6O7/c29-11-13-40-27(38)24(14-19-6-8-22(35)9-7-19)33-25(36)10-12-31-26(37)23(15-21-16-30-18-32-21)34-28(39)41-17-20-4-2-1-3-5-20/h1-9,16,18,23-24,35H,10-15,17,29H2,(H,30,32)(H,31,37)(H,33,36)(H,34,39)/t23-,24-/m0/s1. The Morgan fingerprint density at radius 3 is 2.37 bits per heavy atom. The summed E-state index contributed by atoms with van der Waals surface area (Å²) in [6.45, 7) is 0.0967. The summed E-state index contributed by atoms with van der Waals surface area (Å²) < 4.78 is 10.3. The van der Waals surface area contributed by atoms with Crippen LogP contribution in [0.1, 0.15) is 23.2 Å². The number of imidazole rings is 1. The van der Waals surface area contributed by atoms with Crippen molar-refractivity contribution in [3.63, 3.8) is 0 Å². The smallest absolute Gasteiger partial charge is 0.408 e. The highest BCUT2D eigenvalue weighted by atomic mass is 16.5. The van der Waals surface area contributed by atoms with E-state index in [-0.39, 0.29) is 51.3 Å². The van der Waals surface area contributed by atoms with Gasteiger partial charge in [-0.3, -0.25) is 9.59 Å². The monoisotopic (exact) mass is 566 g/mol. The molecule has 3 rings (SSSR count). The van der Waals surface area contributed by atoms with Crippen molar-refractivity contribution in [1.29, 1.82) is 0 Å². The number of nitrogens with two attached hydrogens (primary N) is 1. The molecule has 13 heteroatoms. The van der Waals surface area contributed by atoms with E-state index in [1.54, 1.807) is 24.3 Å². The Hall–Kier alpha value is -4.91. The molecule has 0 unspecified atom stereocenters. The average Bonchev–Trinajstić information content (AvgIpc) is 3.49. The van der Waals surface area contributed by atoms with Gasteiger partial charge >= 0.3 is 12.1 Å². The number of phenols is 1. The fraction of sp³-hybridized carbons (Fsp3) is 0.321. The van der Waals surface area contributed by atoms with E-state index >= 15 is 0 Å². The third-order valence-electron chi connectivity index (χ3n) is 5.81. The Bertz CT molecular complexity index is 1250. The van der Waals surface area contributed by atoms with E-state index in [2.05, 4.69) is 25.9 Å². The van der Waals surface area contributed by atoms with Gasteiger partial charge in [-0.25, -0.2) is 14.6 Å². The zero-order chi connectivity index (χ0) is 29.5. The van der Waals surface area contributed by atoms with Crippen LogP contribution in [-0.2, 0) is 43.3 Å². The van der Waals surface area contributed by atoms with Gasteiger partial charge in [0.05, 0.1) is 6.33 Å². The van der Waals surface area contributed by atoms with Crippen molar-refractivity contribution in [2.45, 2.75) is 38.0 Å². The summed E-state index contributed by atoms with van der Waals surface area (Å²) >= 11 is 0. The van der Waals surface area contributed by atoms with Crippen LogP contribution in [-0.4, -0.2) is 70.7 Å². The topological polar surface area (TPSA) is 198 Å². The number of nitrogens with zero attached hydrogens (tertiary/aromatic N) is 1. The number of aromatic hydroxyl groups is 1. The highest BCUT2D eigenvalue weighted by molar-refractivity contribution is 5.87. The molecule has 3 amide bonds. The third kappa shape index (κ3) is 11.0. The van der Waals surface area contributed by atoms with Crippen LogP contribution in [0.5, 0.6) is 5.75 Å². The van der Waals surface area contributed by atoms with E-state index in [4.69, 9.17) is 15.2 Å². The number of phenolic OH excluding ortho intramolecular Hbond substituents is 1. The molecule has 0 spiro atoms. The molecule has 0 aliphatic carbocycles. The number of aromatic nitrogens is 2. The van der Waals surface area contributed by atoms with Gasteiger partial charge in [-0.05, 0) is 23.3 Å². The molecule has 2 aromatic carbocycles. The fourth-order valence-electron chi connectivity index (χ4n) is 3.74. The van der Waals surface area contributed by atoms with E-state index in [1.807, 2.05) is 18.2 Å². The number of carbonyl (C=O) groups is 4. The van der Waals surface area contributed by atoms with Crippen molar-refractivity contribution in [2.75, 3.05) is 19.7 Å². The SMILES string of the molecule is NCCOC(=O)[C@H](Cc1ccc(O)cc1)NC(=O)CCNC(=O)[C@H](Cc1cnc[nH]1)NC(=O)OCc1ccccc1. The van der Waals surface area contributed by atoms with Crippen LogP contribution in [0.4, 0.5) is 4.79 Å². The molecule has 0 saturated carbocycles. The lowest BCUT2D eigenvalue weighted by molar-refractivity contribution is -0.147. The Labute approximate surface area is 236 Å². The van der Waals surface area contributed by atoms with E-state index in [0.29, 0.717) is 11.3 Å². The highest BCUT2D eigenvalue weighted by Crippen LogP contribution is 2.12. The molecule has 7 N–H and O–H groups in total. The van der Waals surface area contributed by atoms with Gasteiger partial charge in [-0.1, -0.05) is 42.5 Å². The van der Waals surface area contributed by atoms with Crippen LogP contribution in [0, 0.1) is 0 Å². The molecule has 0 bridgehead atoms. The van der Waals surface area contributed by atoms with Crippen LogP contribution in [0.3, 0.4) is 0 Å². The number of H-pyrrole nitrogens is 1. The van der Waals surface area contributed by atoms with Crippen LogP contribution in [0.2, 0.25) is 0 Å². The lowest BCUT2D eigenvalue weighted by Gasteiger charge is -2.19. The number of ether oxygens (including phenoxy) is 2. The maximum absolute atomic E-state index is 12.9. The molecule has 13 nitrogen and oxygen atoms in total. The van der Waals surface area contributed by atoms with Crippen LogP contribution >= 0.6 is 0 Å². The summed E-state index contributed by atoms with van der Waals surface area (Å²) in [7, 11) is 0. The van der Waals surface area contributed by atoms with Gasteiger partial charge in [0.15, 0.2) is 0 Å². The molecule has 0 radical (unpaired) electrons. The molecule has 0 fully saturated rings. The van der Waals surface area contributed by atoms with Gasteiger partial charge in [-0.2, -0.15) is 0 Å². The Morgan fingerprint density at radius 2 is 1.68 bits per heavy atom. The molecule has 0 saturated heterocycles. The van der Waals surface area contributed by atoms with Gasteiger partial charge in [0.2, 0.25) is 11.8 Å². The van der Waals surface area contributed by atoms with Crippen molar-refractivity contribution in [1.82, 2.24) is 25.9 Å². The number of benzene rings is 2. The lowest BCUT2D eigenvalue weighted by atomic mass is 10.1. The molecule has 2 atom stereocenters. The van der Waals surface area contributed by atoms with E-state index in [9.17, 15) is 24.3 Å². The number of rotatable bonds is 15. The van der Waals surface area contributed by atoms with E-state index in [1.165, 1.54) is 24.7 Å². The summed E-state index contributed by atoms with van der Waals surface area (Å²) in [5.74, 6) is -1.62. The molecule has 0 aliphatic heterocycles. The summed E-state index contributed by atoms with van der Waals surface area (Å²) in [6, 6.07) is 13.3. The molecule has 1 heterocycles. The van der Waals surface area contributed by atoms with Crippen LogP contribution < -0.4 is 21.7 Å². The first kappa shape index (κ1) is 30.6. The quantitative estimate of drug-likeness (QED) is 0.143. The largest absolute Gasteiger partial charge is 0.508 e. The predicted molar refractivity (Wildman–Crippen MR) is 147 cm³/mol. The molecule has 41 heavy (non-hydrogen) atoms. The zero-order valence-corrected chi connectivity index (χ0v) is 22.4. The maximum atomic E-state index is 12.9. The first-order valence-electron chi connectivity index (χ1n) is 13.0. The maximum Gasteiger partial charge on any atom is 0.408 e. The zero-order valence-electron chi connectivity index (χ0n) is 22.4. The second-order valence-electron chi connectivity index (χ2n) is 9.03. The number of hydrogen-bond acceptors (Lipinski definition) is 9. The van der Waals surface area contributed by atoms with Gasteiger partial charge in [0.25, 0.3) is 0 Å². The number of esters is 1. The number of aromatic amines is 1. The van der Waals surface area contributed by atoms with Crippen molar-refractivity contribution in [3.8, 4) is 5.75 Å². The first-order valence-corrected chi connectivity index (χ1v) is 13.0. The number of nitrogens with one attached hydrogen (secondary N) is 4. The fourth-order valence-corrected chi connectivity index (χ4v) is 3.74. The molecule has 218 valence electrons. The van der Waals surface area contributed by atoms with Crippen molar-refractivity contribution >= 4 is 23.9 Å². The normalized spacial score (nSPS) is 12.0. The molecule has 3 aromatic rings. The minimum absolute atomic E-state index is 0.00462. The van der Waals surface area contributed by atoms with Crippen molar-refractivity contribution in [3.05, 3.63) is 83.9 Å². The second kappa shape index (κ2) is 16.3. The Morgan fingerprint density at radius 1 is 0.927 bits per heavy atom. The van der Waals surface area contributed by atoms with Gasteiger partial charge in [-0.15, -0.1) is 0 Å². The number of hydrogen-bond donors (Lipinski definition) is 6. The number of carbonyl (C=O) groups excluding carboxylic acids is 4. The summed E-state index contributed by atoms with van der Waals surface area (Å²) in [4.78, 5) is 57.3. The summed E-state index contributed by atoms with van der Waals surface area (Å²) in [5.41, 5.74) is 7.50. The summed E-state index contributed by atoms with van der Waals surface area (Å²) in [5, 5.41) is 17.3. The van der Waals surface area contributed by atoms with E-state index in [0.717, 1.165) is 5.56 Å². The van der Waals surface area contributed by atoms with Gasteiger partial charge < -0.3 is 41.2 Å². The number of alkyl carbamates (subject to hydrolysis) is 1. The van der Waals surface area contributed by atoms with Crippen LogP contribution in [0.15, 0.2) is 67.1 Å². The number of amides is 3. The Balaban J connectivity index is 1.53. The van der Waals surface area contributed by atoms with Gasteiger partial charge in [0, 0.05) is 44.2 Å². The molecule has 0 aliphatic rings. The predicted octanol–water partition coefficient (Wildman–Crippen LogP) is 0.689. The molecular formula is C28H34N6O7. The molecule has 1 aromatic heterocycles. The van der Waals surface area contributed by atoms with E-state index < -0.39 is 36.0 Å². The minimum Gasteiger partial charge on any atom is -0.508 e. The second-order valence-corrected chi connectivity index (χ2v) is 9.03. The van der Waals surface area contributed by atoms with Crippen molar-refractivity contribution in [2.24, 2.45) is 5.73 Å². The third-order valence-corrected chi connectivity index (χ3v) is 5.81. The summed E-state index contributed by atoms with van der Waals surface area (Å²) in [6.07, 6.45) is 2.30. The molecular weight excluding hydrogens is 532 g/mol. The van der Waals surface area contributed by atoms with Crippen molar-refractivity contribution < 1.29 is 33.8 Å². The van der Waals surface area contributed by atoms with Crippen LogP contribution in [0.25, 0.3) is 0 Å². The van der Waals surface area contributed by atoms with Gasteiger partial charge in [0.1, 0.15) is 31.0 Å². The first-order chi connectivity index (χ1) is 19.8.